The van der Waals surface area contributed by atoms with Crippen molar-refractivity contribution in [3.63, 3.8) is 0 Å². The van der Waals surface area contributed by atoms with Crippen LogP contribution in [0.5, 0.6) is 0 Å². The summed E-state index contributed by atoms with van der Waals surface area (Å²) in [6.07, 6.45) is 3.42. The summed E-state index contributed by atoms with van der Waals surface area (Å²) in [7, 11) is 0. The second-order valence-corrected chi connectivity index (χ2v) is 7.13. The molecule has 0 aliphatic carbocycles. The Kier molecular flexibility index (Phi) is 6.63. The van der Waals surface area contributed by atoms with Crippen LogP contribution in [0.2, 0.25) is 5.02 Å². The summed E-state index contributed by atoms with van der Waals surface area (Å²) >= 11 is 6.23. The molecule has 1 saturated heterocycles. The standard InChI is InChI=1S/C18H26ClN3O2/c1-12(2)9-17(23)21-13-6-7-16(19)15(10-13)18(24)22-8-4-3-5-14(22)11-20/h6-7,10,12,14H,3-5,8-9,11,20H2,1-2H3,(H,21,23). The molecule has 1 unspecified atom stereocenters. The Hall–Kier alpha value is -1.59. The minimum Gasteiger partial charge on any atom is -0.334 e. The molecule has 6 heteroatoms. The van der Waals surface area contributed by atoms with Crippen LogP contribution in [0, 0.1) is 5.92 Å². The van der Waals surface area contributed by atoms with Gasteiger partial charge in [0, 0.05) is 31.2 Å². The fraction of sp³-hybridized carbons (Fsp3) is 0.556. The van der Waals surface area contributed by atoms with E-state index in [0.29, 0.717) is 35.8 Å². The van der Waals surface area contributed by atoms with E-state index in [2.05, 4.69) is 5.32 Å². The topological polar surface area (TPSA) is 75.4 Å². The van der Waals surface area contributed by atoms with Gasteiger partial charge in [-0.25, -0.2) is 0 Å². The number of benzene rings is 1. The van der Waals surface area contributed by atoms with Crippen molar-refractivity contribution >= 4 is 29.1 Å². The third-order valence-electron chi connectivity index (χ3n) is 4.23. The maximum absolute atomic E-state index is 12.9. The normalized spacial score (nSPS) is 17.9. The van der Waals surface area contributed by atoms with Crippen LogP contribution in [-0.4, -0.2) is 35.8 Å². The fourth-order valence-corrected chi connectivity index (χ4v) is 3.22. The Labute approximate surface area is 148 Å². The molecule has 1 aromatic carbocycles. The van der Waals surface area contributed by atoms with Crippen molar-refractivity contribution in [2.75, 3.05) is 18.4 Å². The van der Waals surface area contributed by atoms with Gasteiger partial charge in [-0.1, -0.05) is 25.4 Å². The van der Waals surface area contributed by atoms with Gasteiger partial charge in [0.25, 0.3) is 5.91 Å². The number of carbonyl (C=O) groups is 2. The second kappa shape index (κ2) is 8.49. The van der Waals surface area contributed by atoms with Gasteiger partial charge >= 0.3 is 0 Å². The van der Waals surface area contributed by atoms with Crippen molar-refractivity contribution in [1.82, 2.24) is 4.90 Å². The highest BCUT2D eigenvalue weighted by atomic mass is 35.5. The molecular formula is C18H26ClN3O2. The molecule has 1 aliphatic rings. The number of piperidine rings is 1. The predicted molar refractivity (Wildman–Crippen MR) is 97.3 cm³/mol. The Balaban J connectivity index is 2.18. The zero-order valence-electron chi connectivity index (χ0n) is 14.3. The summed E-state index contributed by atoms with van der Waals surface area (Å²) in [5, 5.41) is 3.22. The maximum Gasteiger partial charge on any atom is 0.255 e. The Morgan fingerprint density at radius 3 is 2.79 bits per heavy atom. The zero-order valence-corrected chi connectivity index (χ0v) is 15.1. The first-order chi connectivity index (χ1) is 11.4. The molecule has 0 aromatic heterocycles. The van der Waals surface area contributed by atoms with Gasteiger partial charge < -0.3 is 16.0 Å². The van der Waals surface area contributed by atoms with Gasteiger partial charge in [-0.05, 0) is 43.4 Å². The smallest absolute Gasteiger partial charge is 0.255 e. The molecule has 2 rings (SSSR count). The number of carbonyl (C=O) groups excluding carboxylic acids is 2. The van der Waals surface area contributed by atoms with E-state index in [4.69, 9.17) is 17.3 Å². The molecule has 0 saturated carbocycles. The van der Waals surface area contributed by atoms with Crippen LogP contribution >= 0.6 is 11.6 Å². The van der Waals surface area contributed by atoms with Crippen LogP contribution in [0.4, 0.5) is 5.69 Å². The molecule has 1 heterocycles. The lowest BCUT2D eigenvalue weighted by Crippen LogP contribution is -2.47. The first kappa shape index (κ1) is 18.7. The summed E-state index contributed by atoms with van der Waals surface area (Å²) in [5.41, 5.74) is 6.81. The van der Waals surface area contributed by atoms with Gasteiger partial charge in [0.05, 0.1) is 10.6 Å². The van der Waals surface area contributed by atoms with E-state index in [1.807, 2.05) is 18.7 Å². The van der Waals surface area contributed by atoms with Crippen molar-refractivity contribution in [2.24, 2.45) is 11.7 Å². The van der Waals surface area contributed by atoms with Gasteiger partial charge in [-0.15, -0.1) is 0 Å². The SMILES string of the molecule is CC(C)CC(=O)Nc1ccc(Cl)c(C(=O)N2CCCCC2CN)c1. The van der Waals surface area contributed by atoms with Gasteiger partial charge in [0.1, 0.15) is 0 Å². The van der Waals surface area contributed by atoms with Crippen molar-refractivity contribution in [1.29, 1.82) is 0 Å². The Morgan fingerprint density at radius 1 is 1.38 bits per heavy atom. The number of anilines is 1. The molecule has 1 aliphatic heterocycles. The number of nitrogens with zero attached hydrogens (tertiary/aromatic N) is 1. The highest BCUT2D eigenvalue weighted by Crippen LogP contribution is 2.26. The van der Waals surface area contributed by atoms with Gasteiger partial charge in [0.15, 0.2) is 0 Å². The molecule has 0 bridgehead atoms. The first-order valence-electron chi connectivity index (χ1n) is 8.52. The summed E-state index contributed by atoms with van der Waals surface area (Å²) in [6, 6.07) is 5.08. The van der Waals surface area contributed by atoms with Crippen molar-refractivity contribution in [3.8, 4) is 0 Å². The third kappa shape index (κ3) is 4.71. The average molecular weight is 352 g/mol. The number of halogens is 1. The summed E-state index contributed by atoms with van der Waals surface area (Å²) in [5.74, 6) is 0.0932. The molecule has 1 atom stereocenters. The van der Waals surface area contributed by atoms with E-state index in [1.165, 1.54) is 0 Å². The lowest BCUT2D eigenvalue weighted by atomic mass is 10.0. The highest BCUT2D eigenvalue weighted by Gasteiger charge is 2.27. The zero-order chi connectivity index (χ0) is 17.7. The molecule has 1 fully saturated rings. The van der Waals surface area contributed by atoms with Crippen LogP contribution in [0.25, 0.3) is 0 Å². The van der Waals surface area contributed by atoms with Gasteiger partial charge in [0.2, 0.25) is 5.91 Å². The third-order valence-corrected chi connectivity index (χ3v) is 4.56. The molecular weight excluding hydrogens is 326 g/mol. The molecule has 0 radical (unpaired) electrons. The Bertz CT molecular complexity index is 604. The Morgan fingerprint density at radius 2 is 2.12 bits per heavy atom. The number of nitrogens with one attached hydrogen (secondary N) is 1. The summed E-state index contributed by atoms with van der Waals surface area (Å²) in [4.78, 5) is 26.6. The van der Waals surface area contributed by atoms with Gasteiger partial charge in [-0.3, -0.25) is 9.59 Å². The maximum atomic E-state index is 12.9. The monoisotopic (exact) mass is 351 g/mol. The quantitative estimate of drug-likeness (QED) is 0.854. The number of rotatable bonds is 5. The van der Waals surface area contributed by atoms with E-state index in [9.17, 15) is 9.59 Å². The lowest BCUT2D eigenvalue weighted by Gasteiger charge is -2.35. The van der Waals surface area contributed by atoms with Crippen LogP contribution in [0.15, 0.2) is 18.2 Å². The van der Waals surface area contributed by atoms with E-state index in [1.54, 1.807) is 18.2 Å². The highest BCUT2D eigenvalue weighted by molar-refractivity contribution is 6.34. The minimum atomic E-state index is -0.116. The molecule has 24 heavy (non-hydrogen) atoms. The van der Waals surface area contributed by atoms with E-state index < -0.39 is 0 Å². The van der Waals surface area contributed by atoms with E-state index >= 15 is 0 Å². The molecule has 1 aromatic rings. The van der Waals surface area contributed by atoms with Gasteiger partial charge in [-0.2, -0.15) is 0 Å². The fourth-order valence-electron chi connectivity index (χ4n) is 3.02. The van der Waals surface area contributed by atoms with Crippen molar-refractivity contribution in [3.05, 3.63) is 28.8 Å². The predicted octanol–water partition coefficient (Wildman–Crippen LogP) is 3.28. The number of amides is 2. The molecule has 5 nitrogen and oxygen atoms in total. The molecule has 132 valence electrons. The van der Waals surface area contributed by atoms with Crippen LogP contribution in [0.3, 0.4) is 0 Å². The molecule has 0 spiro atoms. The minimum absolute atomic E-state index is 0.0569. The van der Waals surface area contributed by atoms with Crippen molar-refractivity contribution in [2.45, 2.75) is 45.6 Å². The van der Waals surface area contributed by atoms with Crippen LogP contribution in [-0.2, 0) is 4.79 Å². The summed E-state index contributed by atoms with van der Waals surface area (Å²) in [6.45, 7) is 5.12. The first-order valence-corrected chi connectivity index (χ1v) is 8.90. The largest absolute Gasteiger partial charge is 0.334 e. The van der Waals surface area contributed by atoms with Crippen LogP contribution in [0.1, 0.15) is 49.9 Å². The van der Waals surface area contributed by atoms with Crippen LogP contribution < -0.4 is 11.1 Å². The second-order valence-electron chi connectivity index (χ2n) is 6.72. The number of hydrogen-bond acceptors (Lipinski definition) is 3. The molecule has 2 amide bonds. The average Bonchev–Trinajstić information content (AvgIpc) is 2.55. The number of nitrogens with two attached hydrogens (primary N) is 1. The van der Waals surface area contributed by atoms with E-state index in [-0.39, 0.29) is 23.8 Å². The number of likely N-dealkylation sites (tertiary alicyclic amines) is 1. The lowest BCUT2D eigenvalue weighted by molar-refractivity contribution is -0.116. The number of hydrogen-bond donors (Lipinski definition) is 2. The molecule has 3 N–H and O–H groups in total. The summed E-state index contributed by atoms with van der Waals surface area (Å²) < 4.78 is 0. The van der Waals surface area contributed by atoms with E-state index in [0.717, 1.165) is 19.3 Å². The van der Waals surface area contributed by atoms with Crippen molar-refractivity contribution < 1.29 is 9.59 Å².